The van der Waals surface area contributed by atoms with Crippen molar-refractivity contribution in [2.75, 3.05) is 33.3 Å². The summed E-state index contributed by atoms with van der Waals surface area (Å²) >= 11 is 0. The first-order valence-electron chi connectivity index (χ1n) is 7.51. The Labute approximate surface area is 133 Å². The van der Waals surface area contributed by atoms with Crippen LogP contribution in [-0.4, -0.2) is 38.2 Å². The average molecular weight is 317 g/mol. The molecule has 0 amide bonds. The summed E-state index contributed by atoms with van der Waals surface area (Å²) in [5.41, 5.74) is 1.02. The summed E-state index contributed by atoms with van der Waals surface area (Å²) in [5, 5.41) is 3.25. The summed E-state index contributed by atoms with van der Waals surface area (Å²) < 4.78 is 19.1. The first-order chi connectivity index (χ1) is 9.72. The van der Waals surface area contributed by atoms with Crippen LogP contribution >= 0.6 is 12.4 Å². The van der Waals surface area contributed by atoms with E-state index in [1.807, 2.05) is 20.0 Å². The monoisotopic (exact) mass is 316 g/mol. The van der Waals surface area contributed by atoms with Crippen molar-refractivity contribution in [2.24, 2.45) is 5.92 Å². The maximum Gasteiger partial charge on any atom is 0.165 e. The zero-order valence-electron chi connectivity index (χ0n) is 12.9. The van der Waals surface area contributed by atoms with E-state index in [-0.39, 0.29) is 18.2 Å². The van der Waals surface area contributed by atoms with Crippen molar-refractivity contribution in [3.05, 3.63) is 29.6 Å². The number of hydrogen-bond donors (Lipinski definition) is 1. The van der Waals surface area contributed by atoms with Gasteiger partial charge in [0.15, 0.2) is 11.6 Å². The fourth-order valence-corrected chi connectivity index (χ4v) is 2.92. The van der Waals surface area contributed by atoms with E-state index in [1.54, 1.807) is 12.1 Å². The number of rotatable bonds is 6. The Balaban J connectivity index is 0.00000220. The van der Waals surface area contributed by atoms with Gasteiger partial charge in [0.1, 0.15) is 0 Å². The van der Waals surface area contributed by atoms with E-state index in [0.29, 0.717) is 18.3 Å². The molecule has 1 aliphatic heterocycles. The quantitative estimate of drug-likeness (QED) is 0.873. The maximum atomic E-state index is 13.8. The molecule has 0 aliphatic carbocycles. The van der Waals surface area contributed by atoms with Crippen LogP contribution in [-0.2, 0) is 6.54 Å². The summed E-state index contributed by atoms with van der Waals surface area (Å²) in [5.74, 6) is 0.803. The highest BCUT2D eigenvalue weighted by Gasteiger charge is 2.19. The van der Waals surface area contributed by atoms with Gasteiger partial charge in [0.25, 0.3) is 0 Å². The van der Waals surface area contributed by atoms with Crippen LogP contribution in [0.5, 0.6) is 5.75 Å². The molecule has 1 unspecified atom stereocenters. The highest BCUT2D eigenvalue weighted by Crippen LogP contribution is 2.22. The molecule has 1 atom stereocenters. The van der Waals surface area contributed by atoms with Gasteiger partial charge in [0, 0.05) is 13.1 Å². The number of ether oxygens (including phenoxy) is 1. The van der Waals surface area contributed by atoms with Crippen LogP contribution in [0.3, 0.4) is 0 Å². The molecule has 1 aromatic rings. The van der Waals surface area contributed by atoms with Gasteiger partial charge in [-0.05, 0) is 63.5 Å². The molecule has 0 spiro atoms. The van der Waals surface area contributed by atoms with Gasteiger partial charge in [-0.2, -0.15) is 0 Å². The number of hydrogen-bond acceptors (Lipinski definition) is 3. The third kappa shape index (κ3) is 5.46. The van der Waals surface area contributed by atoms with Gasteiger partial charge in [0.05, 0.1) is 6.61 Å². The molecule has 1 saturated heterocycles. The van der Waals surface area contributed by atoms with Gasteiger partial charge in [-0.25, -0.2) is 4.39 Å². The second-order valence-electron chi connectivity index (χ2n) is 5.50. The molecule has 120 valence electrons. The smallest absolute Gasteiger partial charge is 0.165 e. The van der Waals surface area contributed by atoms with Crippen molar-refractivity contribution < 1.29 is 9.13 Å². The molecule has 1 aromatic carbocycles. The lowest BCUT2D eigenvalue weighted by Gasteiger charge is -2.32. The Kier molecular flexibility index (Phi) is 8.01. The van der Waals surface area contributed by atoms with Gasteiger partial charge in [-0.15, -0.1) is 12.4 Å². The lowest BCUT2D eigenvalue weighted by Crippen LogP contribution is -2.38. The van der Waals surface area contributed by atoms with Crippen LogP contribution in [0.15, 0.2) is 18.2 Å². The van der Waals surface area contributed by atoms with E-state index in [4.69, 9.17) is 4.74 Å². The first-order valence-corrected chi connectivity index (χ1v) is 7.51. The van der Waals surface area contributed by atoms with E-state index < -0.39 is 0 Å². The van der Waals surface area contributed by atoms with Crippen LogP contribution in [0, 0.1) is 11.7 Å². The topological polar surface area (TPSA) is 24.5 Å². The van der Waals surface area contributed by atoms with Gasteiger partial charge < -0.3 is 10.1 Å². The minimum atomic E-state index is -0.256. The fourth-order valence-electron chi connectivity index (χ4n) is 2.92. The highest BCUT2D eigenvalue weighted by atomic mass is 35.5. The minimum absolute atomic E-state index is 0. The normalized spacial score (nSPS) is 19.1. The number of benzene rings is 1. The predicted octanol–water partition coefficient (Wildman–Crippen LogP) is 3.08. The summed E-state index contributed by atoms with van der Waals surface area (Å²) in [6, 6.07) is 5.31. The lowest BCUT2D eigenvalue weighted by molar-refractivity contribution is 0.166. The molecule has 2 rings (SSSR count). The van der Waals surface area contributed by atoms with Crippen LogP contribution in [0.25, 0.3) is 0 Å². The van der Waals surface area contributed by atoms with E-state index in [1.165, 1.54) is 12.8 Å². The number of likely N-dealkylation sites (tertiary alicyclic amines) is 1. The number of piperidine rings is 1. The molecule has 3 nitrogen and oxygen atoms in total. The minimum Gasteiger partial charge on any atom is -0.491 e. The van der Waals surface area contributed by atoms with Crippen LogP contribution < -0.4 is 10.1 Å². The van der Waals surface area contributed by atoms with Gasteiger partial charge in [-0.3, -0.25) is 4.90 Å². The van der Waals surface area contributed by atoms with E-state index in [9.17, 15) is 4.39 Å². The fraction of sp³-hybridized carbons (Fsp3) is 0.625. The first kappa shape index (κ1) is 18.2. The highest BCUT2D eigenvalue weighted by molar-refractivity contribution is 5.85. The molecule has 1 aliphatic rings. The Morgan fingerprint density at radius 2 is 2.24 bits per heavy atom. The van der Waals surface area contributed by atoms with Gasteiger partial charge in [0.2, 0.25) is 0 Å². The second kappa shape index (κ2) is 9.23. The summed E-state index contributed by atoms with van der Waals surface area (Å²) in [7, 11) is 2.00. The Hall–Kier alpha value is -0.840. The third-order valence-electron chi connectivity index (χ3n) is 3.80. The van der Waals surface area contributed by atoms with Crippen molar-refractivity contribution in [2.45, 2.75) is 26.3 Å². The molecular formula is C16H26ClFN2O. The van der Waals surface area contributed by atoms with Gasteiger partial charge >= 0.3 is 0 Å². The van der Waals surface area contributed by atoms with Crippen molar-refractivity contribution in [3.63, 3.8) is 0 Å². The van der Waals surface area contributed by atoms with Gasteiger partial charge in [-0.1, -0.05) is 6.07 Å². The summed E-state index contributed by atoms with van der Waals surface area (Å²) in [6.45, 7) is 6.44. The van der Waals surface area contributed by atoms with Crippen molar-refractivity contribution in [3.8, 4) is 5.75 Å². The Bertz CT molecular complexity index is 429. The number of nitrogens with zero attached hydrogens (tertiary/aromatic N) is 1. The molecule has 5 heteroatoms. The van der Waals surface area contributed by atoms with E-state index in [0.717, 1.165) is 31.7 Å². The molecular weight excluding hydrogens is 291 g/mol. The Morgan fingerprint density at radius 1 is 1.43 bits per heavy atom. The van der Waals surface area contributed by atoms with E-state index in [2.05, 4.69) is 10.2 Å². The number of halogens is 2. The van der Waals surface area contributed by atoms with Crippen LogP contribution in [0.1, 0.15) is 25.3 Å². The maximum absolute atomic E-state index is 13.8. The number of nitrogens with one attached hydrogen (secondary N) is 1. The average Bonchev–Trinajstić information content (AvgIpc) is 2.43. The third-order valence-corrected chi connectivity index (χ3v) is 3.80. The molecule has 1 N–H and O–H groups in total. The molecule has 0 saturated carbocycles. The zero-order chi connectivity index (χ0) is 14.4. The second-order valence-corrected chi connectivity index (χ2v) is 5.50. The van der Waals surface area contributed by atoms with Crippen molar-refractivity contribution in [1.82, 2.24) is 10.2 Å². The van der Waals surface area contributed by atoms with Crippen molar-refractivity contribution in [1.29, 1.82) is 0 Å². The summed E-state index contributed by atoms with van der Waals surface area (Å²) in [6.07, 6.45) is 2.51. The van der Waals surface area contributed by atoms with Crippen molar-refractivity contribution >= 4 is 12.4 Å². The SMILES string of the molecule is CCOc1ccc(CN2CCCC(CNC)C2)cc1F.Cl. The lowest BCUT2D eigenvalue weighted by atomic mass is 9.97. The summed E-state index contributed by atoms with van der Waals surface area (Å²) in [4.78, 5) is 2.42. The Morgan fingerprint density at radius 3 is 2.90 bits per heavy atom. The van der Waals surface area contributed by atoms with Crippen LogP contribution in [0.2, 0.25) is 0 Å². The molecule has 1 fully saturated rings. The largest absolute Gasteiger partial charge is 0.491 e. The zero-order valence-corrected chi connectivity index (χ0v) is 13.7. The predicted molar refractivity (Wildman–Crippen MR) is 86.7 cm³/mol. The molecule has 0 bridgehead atoms. The van der Waals surface area contributed by atoms with Crippen LogP contribution in [0.4, 0.5) is 4.39 Å². The van der Waals surface area contributed by atoms with E-state index >= 15 is 0 Å². The molecule has 1 heterocycles. The molecule has 0 radical (unpaired) electrons. The molecule has 21 heavy (non-hydrogen) atoms. The molecule has 0 aromatic heterocycles. The standard InChI is InChI=1S/C16H25FN2O.ClH/c1-3-20-16-7-6-13(9-15(16)17)11-19-8-4-5-14(12-19)10-18-2;/h6-7,9,14,18H,3-5,8,10-12H2,1-2H3;1H.